The topological polar surface area (TPSA) is 51.7 Å². The number of carbonyl (C=O) groups is 1. The van der Waals surface area contributed by atoms with Crippen molar-refractivity contribution in [3.8, 4) is 11.3 Å². The Morgan fingerprint density at radius 2 is 1.81 bits per heavy atom. The zero-order chi connectivity index (χ0) is 18.4. The summed E-state index contributed by atoms with van der Waals surface area (Å²) < 4.78 is 0. The maximum absolute atomic E-state index is 12.3. The molecule has 2 aromatic rings. The molecular formula is C20H27N5O. The second-order valence-electron chi connectivity index (χ2n) is 6.74. The first-order chi connectivity index (χ1) is 12.6. The van der Waals surface area contributed by atoms with Crippen LogP contribution in [0.5, 0.6) is 0 Å². The monoisotopic (exact) mass is 353 g/mol. The summed E-state index contributed by atoms with van der Waals surface area (Å²) in [7, 11) is 4.01. The first-order valence-electron chi connectivity index (χ1n) is 9.08. The summed E-state index contributed by atoms with van der Waals surface area (Å²) in [4.78, 5) is 23.1. The van der Waals surface area contributed by atoms with Crippen molar-refractivity contribution in [1.82, 2.24) is 20.1 Å². The molecular weight excluding hydrogens is 326 g/mol. The van der Waals surface area contributed by atoms with Gasteiger partial charge in [0.2, 0.25) is 0 Å². The van der Waals surface area contributed by atoms with Crippen molar-refractivity contribution in [1.29, 1.82) is 0 Å². The number of anilines is 1. The largest absolute Gasteiger partial charge is 0.367 e. The summed E-state index contributed by atoms with van der Waals surface area (Å²) >= 11 is 0. The third kappa shape index (κ3) is 4.52. The second kappa shape index (κ2) is 8.67. The highest BCUT2D eigenvalue weighted by molar-refractivity contribution is 5.77. The summed E-state index contributed by atoms with van der Waals surface area (Å²) in [6, 6.07) is 14.4. The third-order valence-corrected chi connectivity index (χ3v) is 4.59. The lowest BCUT2D eigenvalue weighted by molar-refractivity contribution is 0.193. The molecule has 0 aliphatic carbocycles. The lowest BCUT2D eigenvalue weighted by atomic mass is 10.1. The fraction of sp³-hybridized carbons (Fsp3) is 0.400. The van der Waals surface area contributed by atoms with Crippen LogP contribution >= 0.6 is 0 Å². The number of likely N-dealkylation sites (N-methyl/N-ethyl adjacent to an activating group) is 1. The minimum atomic E-state index is 0.0320. The van der Waals surface area contributed by atoms with Crippen LogP contribution < -0.4 is 10.2 Å². The second-order valence-corrected chi connectivity index (χ2v) is 6.74. The number of nitrogens with zero attached hydrogens (tertiary/aromatic N) is 4. The SMILES string of the molecule is CN(C)CCNC(=O)N1CCN(c2ccccc2-c2ccccn2)CC1. The number of benzene rings is 1. The highest BCUT2D eigenvalue weighted by Crippen LogP contribution is 2.29. The maximum Gasteiger partial charge on any atom is 0.317 e. The van der Waals surface area contributed by atoms with E-state index in [1.807, 2.05) is 49.5 Å². The smallest absolute Gasteiger partial charge is 0.317 e. The summed E-state index contributed by atoms with van der Waals surface area (Å²) in [6.45, 7) is 4.63. The number of nitrogens with one attached hydrogen (secondary N) is 1. The van der Waals surface area contributed by atoms with Crippen molar-refractivity contribution in [2.24, 2.45) is 0 Å². The molecule has 0 bridgehead atoms. The van der Waals surface area contributed by atoms with Gasteiger partial charge in [-0.05, 0) is 32.3 Å². The molecule has 0 radical (unpaired) electrons. The Balaban J connectivity index is 1.61. The summed E-state index contributed by atoms with van der Waals surface area (Å²) in [5, 5.41) is 2.99. The zero-order valence-corrected chi connectivity index (χ0v) is 15.6. The summed E-state index contributed by atoms with van der Waals surface area (Å²) in [5.74, 6) is 0. The average Bonchev–Trinajstić information content (AvgIpc) is 2.68. The Hall–Kier alpha value is -2.60. The van der Waals surface area contributed by atoms with Gasteiger partial charge in [-0.15, -0.1) is 0 Å². The molecule has 3 rings (SSSR count). The van der Waals surface area contributed by atoms with Crippen LogP contribution in [0.2, 0.25) is 0 Å². The van der Waals surface area contributed by atoms with E-state index in [-0.39, 0.29) is 6.03 Å². The fourth-order valence-electron chi connectivity index (χ4n) is 3.14. The quantitative estimate of drug-likeness (QED) is 0.895. The van der Waals surface area contributed by atoms with Crippen molar-refractivity contribution in [3.63, 3.8) is 0 Å². The van der Waals surface area contributed by atoms with Gasteiger partial charge in [0.1, 0.15) is 0 Å². The standard InChI is InChI=1S/C20H27N5O/c1-23(2)12-11-22-20(26)25-15-13-24(14-16-25)19-9-4-3-7-17(19)18-8-5-6-10-21-18/h3-10H,11-16H2,1-2H3,(H,22,26). The van der Waals surface area contributed by atoms with E-state index in [1.165, 1.54) is 5.69 Å². The van der Waals surface area contributed by atoms with Gasteiger partial charge in [-0.1, -0.05) is 24.3 Å². The molecule has 0 saturated carbocycles. The third-order valence-electron chi connectivity index (χ3n) is 4.59. The van der Waals surface area contributed by atoms with Crippen molar-refractivity contribution in [3.05, 3.63) is 48.7 Å². The average molecular weight is 353 g/mol. The molecule has 1 aliphatic heterocycles. The number of hydrogen-bond donors (Lipinski definition) is 1. The van der Waals surface area contributed by atoms with Crippen LogP contribution in [0.4, 0.5) is 10.5 Å². The molecule has 2 heterocycles. The number of pyridine rings is 1. The summed E-state index contributed by atoms with van der Waals surface area (Å²) in [6.07, 6.45) is 1.82. The van der Waals surface area contributed by atoms with E-state index in [9.17, 15) is 4.79 Å². The zero-order valence-electron chi connectivity index (χ0n) is 15.6. The van der Waals surface area contributed by atoms with Gasteiger partial charge in [-0.2, -0.15) is 0 Å². The Kier molecular flexibility index (Phi) is 6.07. The Morgan fingerprint density at radius 3 is 2.50 bits per heavy atom. The van der Waals surface area contributed by atoms with Gasteiger partial charge in [0.05, 0.1) is 5.69 Å². The molecule has 1 fully saturated rings. The number of carbonyl (C=O) groups excluding carboxylic acids is 1. The first kappa shape index (κ1) is 18.2. The van der Waals surface area contributed by atoms with Crippen LogP contribution in [0.1, 0.15) is 0 Å². The fourth-order valence-corrected chi connectivity index (χ4v) is 3.14. The predicted octanol–water partition coefficient (Wildman–Crippen LogP) is 2.14. The van der Waals surface area contributed by atoms with Crippen LogP contribution in [-0.4, -0.2) is 74.2 Å². The van der Waals surface area contributed by atoms with Crippen molar-refractivity contribution < 1.29 is 4.79 Å². The van der Waals surface area contributed by atoms with Gasteiger partial charge in [-0.3, -0.25) is 4.98 Å². The maximum atomic E-state index is 12.3. The van der Waals surface area contributed by atoms with Gasteiger partial charge in [0, 0.05) is 56.7 Å². The molecule has 2 amide bonds. The Morgan fingerprint density at radius 1 is 1.08 bits per heavy atom. The van der Waals surface area contributed by atoms with E-state index in [1.54, 1.807) is 0 Å². The van der Waals surface area contributed by atoms with E-state index >= 15 is 0 Å². The van der Waals surface area contributed by atoms with Gasteiger partial charge in [0.25, 0.3) is 0 Å². The number of aromatic nitrogens is 1. The molecule has 1 aromatic heterocycles. The van der Waals surface area contributed by atoms with Crippen LogP contribution in [-0.2, 0) is 0 Å². The van der Waals surface area contributed by atoms with Gasteiger partial charge < -0.3 is 20.0 Å². The molecule has 1 N–H and O–H groups in total. The van der Waals surface area contributed by atoms with Gasteiger partial charge in [-0.25, -0.2) is 4.79 Å². The first-order valence-corrected chi connectivity index (χ1v) is 9.08. The summed E-state index contributed by atoms with van der Waals surface area (Å²) in [5.41, 5.74) is 3.29. The molecule has 0 spiro atoms. The van der Waals surface area contributed by atoms with E-state index in [4.69, 9.17) is 0 Å². The molecule has 6 heteroatoms. The lowest BCUT2D eigenvalue weighted by Gasteiger charge is -2.37. The van der Waals surface area contributed by atoms with Gasteiger partial charge in [0.15, 0.2) is 0 Å². The number of piperazine rings is 1. The van der Waals surface area contributed by atoms with Crippen molar-refractivity contribution in [2.45, 2.75) is 0 Å². The van der Waals surface area contributed by atoms with E-state index in [0.717, 1.165) is 44.0 Å². The molecule has 1 aliphatic rings. The normalized spacial score (nSPS) is 14.6. The van der Waals surface area contributed by atoms with Gasteiger partial charge >= 0.3 is 6.03 Å². The molecule has 26 heavy (non-hydrogen) atoms. The lowest BCUT2D eigenvalue weighted by Crippen LogP contribution is -2.52. The number of para-hydroxylation sites is 1. The number of urea groups is 1. The number of rotatable bonds is 5. The van der Waals surface area contributed by atoms with E-state index in [0.29, 0.717) is 6.54 Å². The van der Waals surface area contributed by atoms with Crippen molar-refractivity contribution >= 4 is 11.7 Å². The Labute approximate surface area is 155 Å². The highest BCUT2D eigenvalue weighted by Gasteiger charge is 2.22. The van der Waals surface area contributed by atoms with E-state index in [2.05, 4.69) is 38.3 Å². The van der Waals surface area contributed by atoms with Crippen LogP contribution in [0.3, 0.4) is 0 Å². The molecule has 0 unspecified atom stereocenters. The van der Waals surface area contributed by atoms with E-state index < -0.39 is 0 Å². The highest BCUT2D eigenvalue weighted by atomic mass is 16.2. The van der Waals surface area contributed by atoms with Crippen LogP contribution in [0, 0.1) is 0 Å². The molecule has 1 saturated heterocycles. The Bertz CT molecular complexity index is 711. The minimum Gasteiger partial charge on any atom is -0.367 e. The molecule has 0 atom stereocenters. The number of hydrogen-bond acceptors (Lipinski definition) is 4. The predicted molar refractivity (Wildman–Crippen MR) is 105 cm³/mol. The minimum absolute atomic E-state index is 0.0320. The molecule has 6 nitrogen and oxygen atoms in total. The number of amides is 2. The van der Waals surface area contributed by atoms with Crippen molar-refractivity contribution in [2.75, 3.05) is 58.3 Å². The molecule has 1 aromatic carbocycles. The molecule has 138 valence electrons. The van der Waals surface area contributed by atoms with Crippen LogP contribution in [0.25, 0.3) is 11.3 Å². The van der Waals surface area contributed by atoms with Crippen LogP contribution in [0.15, 0.2) is 48.7 Å².